The predicted octanol–water partition coefficient (Wildman–Crippen LogP) is 2.27. The molecule has 24 heavy (non-hydrogen) atoms. The van der Waals surface area contributed by atoms with E-state index in [1.165, 1.54) is 12.1 Å². The quantitative estimate of drug-likeness (QED) is 0.931. The molecule has 0 unspecified atom stereocenters. The van der Waals surface area contributed by atoms with Crippen molar-refractivity contribution in [2.45, 2.75) is 19.9 Å². The van der Waals surface area contributed by atoms with E-state index in [0.717, 1.165) is 31.9 Å². The van der Waals surface area contributed by atoms with Crippen LogP contribution in [0.4, 0.5) is 15.9 Å². The van der Waals surface area contributed by atoms with Gasteiger partial charge in [-0.05, 0) is 38.1 Å². The number of piperazine rings is 1. The molecule has 0 radical (unpaired) electrons. The third kappa shape index (κ3) is 3.73. The van der Waals surface area contributed by atoms with E-state index in [1.54, 1.807) is 25.1 Å². The van der Waals surface area contributed by atoms with Gasteiger partial charge in [0.2, 0.25) is 5.91 Å². The van der Waals surface area contributed by atoms with Crippen LogP contribution in [0.2, 0.25) is 0 Å². The first kappa shape index (κ1) is 16.4. The number of carbonyl (C=O) groups is 1. The molecule has 3 rings (SSSR count). The third-order valence-corrected chi connectivity index (χ3v) is 4.31. The molecule has 7 heteroatoms. The lowest BCUT2D eigenvalue weighted by molar-refractivity contribution is -0.120. The summed E-state index contributed by atoms with van der Waals surface area (Å²) in [6.07, 6.45) is 0. The second-order valence-electron chi connectivity index (χ2n) is 5.99. The van der Waals surface area contributed by atoms with Gasteiger partial charge >= 0.3 is 0 Å². The number of amides is 1. The van der Waals surface area contributed by atoms with E-state index < -0.39 is 0 Å². The molecule has 1 aliphatic heterocycles. The number of halogens is 1. The Morgan fingerprint density at radius 2 is 1.92 bits per heavy atom. The van der Waals surface area contributed by atoms with Gasteiger partial charge in [-0.1, -0.05) is 5.16 Å². The number of hydrogen-bond acceptors (Lipinski definition) is 5. The molecule has 1 aromatic carbocycles. The number of anilines is 2. The molecular formula is C17H21FN4O2. The van der Waals surface area contributed by atoms with Crippen LogP contribution in [0.15, 0.2) is 34.9 Å². The van der Waals surface area contributed by atoms with Crippen molar-refractivity contribution in [1.29, 1.82) is 0 Å². The zero-order chi connectivity index (χ0) is 17.1. The van der Waals surface area contributed by atoms with Crippen molar-refractivity contribution in [1.82, 2.24) is 10.1 Å². The van der Waals surface area contributed by atoms with Crippen LogP contribution in [-0.2, 0) is 4.79 Å². The van der Waals surface area contributed by atoms with Crippen LogP contribution < -0.4 is 10.2 Å². The maximum absolute atomic E-state index is 13.0. The highest BCUT2D eigenvalue weighted by molar-refractivity contribution is 5.93. The average molecular weight is 332 g/mol. The average Bonchev–Trinajstić information content (AvgIpc) is 3.00. The topological polar surface area (TPSA) is 61.6 Å². The van der Waals surface area contributed by atoms with Crippen molar-refractivity contribution in [3.63, 3.8) is 0 Å². The van der Waals surface area contributed by atoms with Crippen molar-refractivity contribution in [3.8, 4) is 0 Å². The molecule has 0 bridgehead atoms. The number of carbonyl (C=O) groups excluding carboxylic acids is 1. The van der Waals surface area contributed by atoms with Gasteiger partial charge in [-0.3, -0.25) is 9.69 Å². The van der Waals surface area contributed by atoms with E-state index >= 15 is 0 Å². The summed E-state index contributed by atoms with van der Waals surface area (Å²) in [5.74, 6) is 0.768. The Balaban J connectivity index is 1.53. The fourth-order valence-electron chi connectivity index (χ4n) is 2.84. The zero-order valence-electron chi connectivity index (χ0n) is 13.8. The first-order valence-corrected chi connectivity index (χ1v) is 8.01. The lowest BCUT2D eigenvalue weighted by atomic mass is 10.2. The Kier molecular flexibility index (Phi) is 4.80. The summed E-state index contributed by atoms with van der Waals surface area (Å²) in [4.78, 5) is 16.6. The summed E-state index contributed by atoms with van der Waals surface area (Å²) in [6.45, 7) is 6.79. The Morgan fingerprint density at radius 3 is 2.50 bits per heavy atom. The Bertz CT molecular complexity index is 693. The third-order valence-electron chi connectivity index (χ3n) is 4.31. The van der Waals surface area contributed by atoms with Gasteiger partial charge in [-0.2, -0.15) is 0 Å². The van der Waals surface area contributed by atoms with Crippen LogP contribution in [0, 0.1) is 12.7 Å². The van der Waals surface area contributed by atoms with Crippen LogP contribution in [0.1, 0.15) is 12.7 Å². The number of hydrogen-bond donors (Lipinski definition) is 1. The van der Waals surface area contributed by atoms with Gasteiger partial charge in [0.15, 0.2) is 5.82 Å². The second-order valence-corrected chi connectivity index (χ2v) is 5.99. The van der Waals surface area contributed by atoms with Gasteiger partial charge in [0.1, 0.15) is 11.6 Å². The molecule has 6 nitrogen and oxygen atoms in total. The molecule has 1 fully saturated rings. The maximum atomic E-state index is 13.0. The van der Waals surface area contributed by atoms with Crippen LogP contribution in [0.3, 0.4) is 0 Å². The van der Waals surface area contributed by atoms with Gasteiger partial charge in [0.05, 0.1) is 6.04 Å². The number of nitrogens with zero attached hydrogens (tertiary/aromatic N) is 3. The Hall–Kier alpha value is -2.41. The minimum Gasteiger partial charge on any atom is -0.369 e. The predicted molar refractivity (Wildman–Crippen MR) is 89.5 cm³/mol. The van der Waals surface area contributed by atoms with E-state index in [4.69, 9.17) is 4.52 Å². The van der Waals surface area contributed by atoms with Crippen LogP contribution >= 0.6 is 0 Å². The molecule has 2 aromatic rings. The molecule has 1 aliphatic rings. The van der Waals surface area contributed by atoms with Crippen LogP contribution in [0.25, 0.3) is 0 Å². The van der Waals surface area contributed by atoms with Gasteiger partial charge < -0.3 is 14.7 Å². The highest BCUT2D eigenvalue weighted by Gasteiger charge is 2.26. The normalized spacial score (nSPS) is 16.9. The SMILES string of the molecule is Cc1cc(NC(=O)[C@H](C)N2CCN(c3ccc(F)cc3)CC2)no1. The number of nitrogens with one attached hydrogen (secondary N) is 1. The molecule has 1 atom stereocenters. The van der Waals surface area contributed by atoms with E-state index in [0.29, 0.717) is 11.6 Å². The molecule has 0 spiro atoms. The summed E-state index contributed by atoms with van der Waals surface area (Å²) in [7, 11) is 0. The molecule has 1 amide bonds. The van der Waals surface area contributed by atoms with Crippen molar-refractivity contribution >= 4 is 17.4 Å². The highest BCUT2D eigenvalue weighted by Crippen LogP contribution is 2.18. The second kappa shape index (κ2) is 7.00. The lowest BCUT2D eigenvalue weighted by Gasteiger charge is -2.38. The van der Waals surface area contributed by atoms with Crippen molar-refractivity contribution < 1.29 is 13.7 Å². The minimum absolute atomic E-state index is 0.0986. The number of aryl methyl sites for hydroxylation is 1. The fourth-order valence-corrected chi connectivity index (χ4v) is 2.84. The van der Waals surface area contributed by atoms with E-state index in [2.05, 4.69) is 20.3 Å². The van der Waals surface area contributed by atoms with Gasteiger partial charge in [-0.15, -0.1) is 0 Å². The fraction of sp³-hybridized carbons (Fsp3) is 0.412. The van der Waals surface area contributed by atoms with E-state index in [-0.39, 0.29) is 17.8 Å². The molecule has 1 N–H and O–H groups in total. The van der Waals surface area contributed by atoms with Crippen LogP contribution in [0.5, 0.6) is 0 Å². The Labute approximate surface area is 140 Å². The summed E-state index contributed by atoms with van der Waals surface area (Å²) in [5.41, 5.74) is 1.01. The highest BCUT2D eigenvalue weighted by atomic mass is 19.1. The molecule has 1 saturated heterocycles. The van der Waals surface area contributed by atoms with Crippen molar-refractivity contribution in [3.05, 3.63) is 41.9 Å². The van der Waals surface area contributed by atoms with Gasteiger partial charge in [0, 0.05) is 37.9 Å². The first-order valence-electron chi connectivity index (χ1n) is 8.01. The van der Waals surface area contributed by atoms with Gasteiger partial charge in [-0.25, -0.2) is 4.39 Å². The molecule has 128 valence electrons. The number of aromatic nitrogens is 1. The van der Waals surface area contributed by atoms with E-state index in [9.17, 15) is 9.18 Å². The molecule has 2 heterocycles. The maximum Gasteiger partial charge on any atom is 0.242 e. The Morgan fingerprint density at radius 1 is 1.25 bits per heavy atom. The monoisotopic (exact) mass is 332 g/mol. The smallest absolute Gasteiger partial charge is 0.242 e. The number of benzene rings is 1. The summed E-state index contributed by atoms with van der Waals surface area (Å²) in [5, 5.41) is 6.55. The summed E-state index contributed by atoms with van der Waals surface area (Å²) >= 11 is 0. The first-order chi connectivity index (χ1) is 11.5. The molecule has 0 aliphatic carbocycles. The summed E-state index contributed by atoms with van der Waals surface area (Å²) in [6, 6.07) is 7.95. The number of rotatable bonds is 4. The van der Waals surface area contributed by atoms with Crippen molar-refractivity contribution in [2.75, 3.05) is 36.4 Å². The molecule has 1 aromatic heterocycles. The summed E-state index contributed by atoms with van der Waals surface area (Å²) < 4.78 is 18.0. The standard InChI is InChI=1S/C17H21FN4O2/c1-12-11-16(20-24-12)19-17(23)13(2)21-7-9-22(10-8-21)15-5-3-14(18)4-6-15/h3-6,11,13H,7-10H2,1-2H3,(H,19,20,23)/t13-/m0/s1. The van der Waals surface area contributed by atoms with E-state index in [1.807, 2.05) is 6.92 Å². The van der Waals surface area contributed by atoms with Crippen molar-refractivity contribution in [2.24, 2.45) is 0 Å². The zero-order valence-corrected chi connectivity index (χ0v) is 13.8. The molecule has 0 saturated carbocycles. The van der Waals surface area contributed by atoms with Crippen LogP contribution in [-0.4, -0.2) is 48.2 Å². The molecular weight excluding hydrogens is 311 g/mol. The minimum atomic E-state index is -0.252. The largest absolute Gasteiger partial charge is 0.369 e. The lowest BCUT2D eigenvalue weighted by Crippen LogP contribution is -2.52. The van der Waals surface area contributed by atoms with Gasteiger partial charge in [0.25, 0.3) is 0 Å².